The average Bonchev–Trinajstić information content (AvgIpc) is 3.47. The molecule has 3 heterocycles. The van der Waals surface area contributed by atoms with Crippen LogP contribution in [0.25, 0.3) is 11.2 Å². The van der Waals surface area contributed by atoms with E-state index in [1.807, 2.05) is 30.3 Å². The molecule has 11 nitrogen and oxygen atoms in total. The molecular formula is C25H27N5O6S. The molecule has 2 aromatic heterocycles. The van der Waals surface area contributed by atoms with E-state index in [-0.39, 0.29) is 12.3 Å². The van der Waals surface area contributed by atoms with Crippen LogP contribution in [0.15, 0.2) is 60.0 Å². The number of ether oxygens (including phenoxy) is 2. The number of benzene rings is 2. The standard InChI is InChI=1S/C25H27N5O6S/c1-35-16-9-5-8-15(19(16)32)10-26-22-18-23(29-25(28-22)37-12-14-6-3-2-4-7-14)30(13-27-18)24-21(34)20(33)17(11-31)36-24/h2-9,13,17,20-21,24,31-34H,10-12H2,1H3,(H,26,28,29)/t17-,20-,21-,24?/m1/s1. The number of methoxy groups -OCH3 is 1. The molecule has 194 valence electrons. The first kappa shape index (κ1) is 25.2. The fourth-order valence-electron chi connectivity index (χ4n) is 4.16. The zero-order chi connectivity index (χ0) is 25.9. The minimum Gasteiger partial charge on any atom is -0.504 e. The smallest absolute Gasteiger partial charge is 0.191 e. The molecule has 0 bridgehead atoms. The van der Waals surface area contributed by atoms with E-state index in [0.29, 0.717) is 39.2 Å². The van der Waals surface area contributed by atoms with Gasteiger partial charge in [-0.15, -0.1) is 0 Å². The number of fused-ring (bicyclic) bond motifs is 1. The van der Waals surface area contributed by atoms with Gasteiger partial charge in [0.1, 0.15) is 18.3 Å². The molecule has 0 radical (unpaired) electrons. The Kier molecular flexibility index (Phi) is 7.44. The molecule has 4 aromatic rings. The number of thioether (sulfide) groups is 1. The number of nitrogens with one attached hydrogen (secondary N) is 1. The van der Waals surface area contributed by atoms with Crippen LogP contribution >= 0.6 is 11.8 Å². The second-order valence-corrected chi connectivity index (χ2v) is 9.45. The number of aromatic hydroxyl groups is 1. The van der Waals surface area contributed by atoms with Gasteiger partial charge in [-0.2, -0.15) is 0 Å². The summed E-state index contributed by atoms with van der Waals surface area (Å²) in [6.45, 7) is -0.204. The number of hydrogen-bond acceptors (Lipinski definition) is 11. The highest BCUT2D eigenvalue weighted by Gasteiger charge is 2.44. The summed E-state index contributed by atoms with van der Waals surface area (Å²) in [5, 5.41) is 44.5. The Labute approximate surface area is 216 Å². The highest BCUT2D eigenvalue weighted by molar-refractivity contribution is 7.98. The Balaban J connectivity index is 1.49. The fraction of sp³-hybridized carbons (Fsp3) is 0.320. The maximum atomic E-state index is 10.6. The third-order valence-electron chi connectivity index (χ3n) is 6.15. The Bertz CT molecular complexity index is 1370. The first-order valence-electron chi connectivity index (χ1n) is 11.6. The second kappa shape index (κ2) is 10.9. The number of hydrogen-bond donors (Lipinski definition) is 5. The number of nitrogens with zero attached hydrogens (tertiary/aromatic N) is 4. The average molecular weight is 526 g/mol. The maximum Gasteiger partial charge on any atom is 0.191 e. The van der Waals surface area contributed by atoms with Crippen LogP contribution in [0.4, 0.5) is 5.82 Å². The highest BCUT2D eigenvalue weighted by Crippen LogP contribution is 2.34. The lowest BCUT2D eigenvalue weighted by atomic mass is 10.1. The highest BCUT2D eigenvalue weighted by atomic mass is 32.2. The molecule has 1 unspecified atom stereocenters. The van der Waals surface area contributed by atoms with Gasteiger partial charge in [-0.1, -0.05) is 54.2 Å². The predicted molar refractivity (Wildman–Crippen MR) is 136 cm³/mol. The van der Waals surface area contributed by atoms with Crippen molar-refractivity contribution in [3.63, 3.8) is 0 Å². The molecule has 0 aliphatic carbocycles. The third-order valence-corrected chi connectivity index (χ3v) is 7.07. The normalized spacial score (nSPS) is 21.4. The molecule has 5 rings (SSSR count). The van der Waals surface area contributed by atoms with Crippen molar-refractivity contribution in [1.82, 2.24) is 19.5 Å². The van der Waals surface area contributed by atoms with E-state index in [4.69, 9.17) is 9.47 Å². The minimum absolute atomic E-state index is 0.0264. The zero-order valence-corrected chi connectivity index (χ0v) is 20.7. The Morgan fingerprint density at radius 3 is 2.62 bits per heavy atom. The molecular weight excluding hydrogens is 498 g/mol. The lowest BCUT2D eigenvalue weighted by molar-refractivity contribution is -0.0511. The largest absolute Gasteiger partial charge is 0.504 e. The molecule has 1 saturated heterocycles. The van der Waals surface area contributed by atoms with Gasteiger partial charge >= 0.3 is 0 Å². The van der Waals surface area contributed by atoms with Crippen molar-refractivity contribution in [3.05, 3.63) is 66.0 Å². The summed E-state index contributed by atoms with van der Waals surface area (Å²) in [5.41, 5.74) is 2.51. The molecule has 1 aliphatic heterocycles. The Morgan fingerprint density at radius 1 is 1.08 bits per heavy atom. The number of phenolic OH excluding ortho intramolecular Hbond substituents is 1. The molecule has 0 amide bonds. The molecule has 1 aliphatic rings. The minimum atomic E-state index is -1.28. The van der Waals surface area contributed by atoms with E-state index in [1.165, 1.54) is 29.8 Å². The van der Waals surface area contributed by atoms with Crippen LogP contribution in [-0.4, -0.2) is 72.0 Å². The van der Waals surface area contributed by atoms with Crippen molar-refractivity contribution in [2.75, 3.05) is 19.0 Å². The van der Waals surface area contributed by atoms with E-state index in [0.717, 1.165) is 5.56 Å². The van der Waals surface area contributed by atoms with E-state index in [1.54, 1.807) is 18.2 Å². The summed E-state index contributed by atoms with van der Waals surface area (Å²) >= 11 is 1.43. The predicted octanol–water partition coefficient (Wildman–Crippen LogP) is 2.06. The van der Waals surface area contributed by atoms with Gasteiger partial charge in [-0.05, 0) is 11.6 Å². The SMILES string of the molecule is COc1cccc(CNc2nc(SCc3ccccc3)nc3c2ncn3C2O[C@H](CO)[C@@H](O)[C@H]2O)c1O. The molecule has 2 aromatic carbocycles. The summed E-state index contributed by atoms with van der Waals surface area (Å²) in [5.74, 6) is 1.44. The Morgan fingerprint density at radius 2 is 1.89 bits per heavy atom. The van der Waals surface area contributed by atoms with Crippen LogP contribution in [0.3, 0.4) is 0 Å². The summed E-state index contributed by atoms with van der Waals surface area (Å²) in [4.78, 5) is 13.8. The van der Waals surface area contributed by atoms with Gasteiger partial charge in [0.15, 0.2) is 39.9 Å². The molecule has 4 atom stereocenters. The van der Waals surface area contributed by atoms with E-state index >= 15 is 0 Å². The first-order valence-corrected chi connectivity index (χ1v) is 12.6. The van der Waals surface area contributed by atoms with E-state index < -0.39 is 31.1 Å². The van der Waals surface area contributed by atoms with Crippen molar-refractivity contribution in [2.24, 2.45) is 0 Å². The van der Waals surface area contributed by atoms with E-state index in [9.17, 15) is 20.4 Å². The maximum absolute atomic E-state index is 10.6. The number of anilines is 1. The van der Waals surface area contributed by atoms with Crippen LogP contribution in [0.2, 0.25) is 0 Å². The monoisotopic (exact) mass is 525 g/mol. The first-order chi connectivity index (χ1) is 18.0. The van der Waals surface area contributed by atoms with Crippen molar-refractivity contribution in [2.45, 2.75) is 42.0 Å². The summed E-state index contributed by atoms with van der Waals surface area (Å²) in [6, 6.07) is 15.1. The van der Waals surface area contributed by atoms with Crippen LogP contribution in [0.1, 0.15) is 17.4 Å². The van der Waals surface area contributed by atoms with Gasteiger partial charge < -0.3 is 35.2 Å². The van der Waals surface area contributed by atoms with Crippen LogP contribution < -0.4 is 10.1 Å². The van der Waals surface area contributed by atoms with Gasteiger partial charge in [-0.3, -0.25) is 4.57 Å². The van der Waals surface area contributed by atoms with Crippen molar-refractivity contribution < 1.29 is 29.9 Å². The molecule has 37 heavy (non-hydrogen) atoms. The lowest BCUT2D eigenvalue weighted by Crippen LogP contribution is -2.33. The van der Waals surface area contributed by atoms with Crippen LogP contribution in [-0.2, 0) is 17.0 Å². The van der Waals surface area contributed by atoms with Crippen LogP contribution in [0, 0.1) is 0 Å². The molecule has 1 fully saturated rings. The number of aromatic nitrogens is 4. The quantitative estimate of drug-likeness (QED) is 0.161. The molecule has 12 heteroatoms. The van der Waals surface area contributed by atoms with E-state index in [2.05, 4.69) is 20.3 Å². The molecule has 5 N–H and O–H groups in total. The van der Waals surface area contributed by atoms with Gasteiger partial charge in [-0.25, -0.2) is 15.0 Å². The second-order valence-electron chi connectivity index (χ2n) is 8.50. The van der Waals surface area contributed by atoms with Crippen LogP contribution in [0.5, 0.6) is 11.5 Å². The number of phenols is 1. The number of aliphatic hydroxyl groups is 3. The summed E-state index contributed by atoms with van der Waals surface area (Å²) in [7, 11) is 1.49. The van der Waals surface area contributed by atoms with Crippen molar-refractivity contribution in [3.8, 4) is 11.5 Å². The molecule has 0 saturated carbocycles. The fourth-order valence-corrected chi connectivity index (χ4v) is 4.95. The van der Waals surface area contributed by atoms with Gasteiger partial charge in [0, 0.05) is 17.9 Å². The van der Waals surface area contributed by atoms with Gasteiger partial charge in [0.2, 0.25) is 0 Å². The summed E-state index contributed by atoms with van der Waals surface area (Å²) in [6.07, 6.45) is -3.00. The number of para-hydroxylation sites is 1. The zero-order valence-electron chi connectivity index (χ0n) is 19.9. The van der Waals surface area contributed by atoms with Gasteiger partial charge in [0.05, 0.1) is 20.0 Å². The summed E-state index contributed by atoms with van der Waals surface area (Å²) < 4.78 is 12.4. The number of rotatable bonds is 9. The number of aliphatic hydroxyl groups excluding tert-OH is 3. The number of imidazole rings is 1. The Hall–Kier alpha value is -3.42. The van der Waals surface area contributed by atoms with Crippen molar-refractivity contribution >= 4 is 28.7 Å². The van der Waals surface area contributed by atoms with Gasteiger partial charge in [0.25, 0.3) is 0 Å². The van der Waals surface area contributed by atoms with Crippen molar-refractivity contribution in [1.29, 1.82) is 0 Å². The lowest BCUT2D eigenvalue weighted by Gasteiger charge is -2.17. The molecule has 0 spiro atoms. The topological polar surface area (TPSA) is 155 Å². The third kappa shape index (κ3) is 5.06.